The van der Waals surface area contributed by atoms with Crippen molar-refractivity contribution in [1.29, 1.82) is 0 Å². The van der Waals surface area contributed by atoms with E-state index >= 15 is 0 Å². The Morgan fingerprint density at radius 1 is 1.24 bits per heavy atom. The molecule has 3 N–H and O–H groups in total. The third kappa shape index (κ3) is 5.72. The molecule has 1 atom stereocenters. The van der Waals surface area contributed by atoms with Gasteiger partial charge in [-0.05, 0) is 55.9 Å². The number of aromatic nitrogens is 3. The number of rotatable bonds is 11. The molecule has 1 amide bonds. The summed E-state index contributed by atoms with van der Waals surface area (Å²) in [6.45, 7) is 2.08. The van der Waals surface area contributed by atoms with Crippen molar-refractivity contribution in [2.75, 3.05) is 25.1 Å². The number of fused-ring (bicyclic) bond motifs is 2. The molecule has 0 radical (unpaired) electrons. The summed E-state index contributed by atoms with van der Waals surface area (Å²) in [4.78, 5) is 29.1. The Morgan fingerprint density at radius 3 is 2.97 bits per heavy atom. The Bertz CT molecular complexity index is 1160. The highest BCUT2D eigenvalue weighted by molar-refractivity contribution is 6.07. The normalized spacial score (nSPS) is 13.8. The largest absolute Gasteiger partial charge is 0.480 e. The average Bonchev–Trinajstić information content (AvgIpc) is 3.23. The van der Waals surface area contributed by atoms with E-state index in [9.17, 15) is 14.7 Å². The molecular formula is C25H31N5O4. The number of pyridine rings is 1. The number of amides is 1. The number of nitrogens with one attached hydrogen (secondary N) is 2. The standard InChI is InChI=1S/C25H31N5O4/c1-30-22-9-4-7-19(20(22)16-27-30)24(31)29-21(25(32)33)8-2-3-14-34-15-12-18-11-10-17-6-5-13-26-23(17)28-18/h4,7,9-11,16,21H,2-3,5-6,8,12-15H2,1H3,(H,26,28)(H,29,31)(H,32,33)/t21-/m0/s1. The van der Waals surface area contributed by atoms with Crippen LogP contribution in [-0.4, -0.2) is 57.5 Å². The number of nitrogens with zero attached hydrogens (tertiary/aromatic N) is 3. The molecule has 3 aromatic rings. The van der Waals surface area contributed by atoms with Gasteiger partial charge >= 0.3 is 5.97 Å². The zero-order valence-corrected chi connectivity index (χ0v) is 19.4. The van der Waals surface area contributed by atoms with Crippen molar-refractivity contribution >= 4 is 28.6 Å². The molecule has 0 spiro atoms. The topological polar surface area (TPSA) is 118 Å². The third-order valence-electron chi connectivity index (χ3n) is 6.13. The van der Waals surface area contributed by atoms with Gasteiger partial charge in [0.25, 0.3) is 5.91 Å². The summed E-state index contributed by atoms with van der Waals surface area (Å²) in [6.07, 6.45) is 6.27. The van der Waals surface area contributed by atoms with Crippen molar-refractivity contribution in [2.45, 2.75) is 44.6 Å². The molecule has 0 fully saturated rings. The maximum atomic E-state index is 12.7. The minimum absolute atomic E-state index is 0.339. The van der Waals surface area contributed by atoms with E-state index in [1.54, 1.807) is 30.1 Å². The minimum atomic E-state index is -1.04. The van der Waals surface area contributed by atoms with Crippen LogP contribution in [0.15, 0.2) is 36.5 Å². The van der Waals surface area contributed by atoms with Crippen molar-refractivity contribution in [3.05, 3.63) is 53.3 Å². The van der Waals surface area contributed by atoms with Gasteiger partial charge in [-0.15, -0.1) is 0 Å². The van der Waals surface area contributed by atoms with Crippen molar-refractivity contribution < 1.29 is 19.4 Å². The van der Waals surface area contributed by atoms with Gasteiger partial charge in [0, 0.05) is 37.7 Å². The molecule has 9 nitrogen and oxygen atoms in total. The van der Waals surface area contributed by atoms with Crippen LogP contribution in [0.4, 0.5) is 5.82 Å². The fraction of sp³-hybridized carbons (Fsp3) is 0.440. The first kappa shape index (κ1) is 23.7. The number of aliphatic carboxylic acids is 1. The monoisotopic (exact) mass is 465 g/mol. The fourth-order valence-electron chi connectivity index (χ4n) is 4.21. The van der Waals surface area contributed by atoms with Gasteiger partial charge in [0.15, 0.2) is 0 Å². The van der Waals surface area contributed by atoms with E-state index in [1.165, 1.54) is 5.56 Å². The van der Waals surface area contributed by atoms with Crippen LogP contribution >= 0.6 is 0 Å². The SMILES string of the molecule is Cn1ncc2c(C(=O)N[C@@H](CCCCOCCc3ccc4c(n3)NCCC4)C(=O)O)cccc21. The molecule has 1 aliphatic rings. The first-order chi connectivity index (χ1) is 16.5. The number of carbonyl (C=O) groups excluding carboxylic acids is 1. The molecule has 1 aromatic carbocycles. The number of hydrogen-bond acceptors (Lipinski definition) is 6. The number of carboxylic acids is 1. The van der Waals surface area contributed by atoms with Gasteiger partial charge in [-0.25, -0.2) is 9.78 Å². The van der Waals surface area contributed by atoms with Gasteiger partial charge in [0.1, 0.15) is 11.9 Å². The molecule has 34 heavy (non-hydrogen) atoms. The lowest BCUT2D eigenvalue weighted by molar-refractivity contribution is -0.139. The summed E-state index contributed by atoms with van der Waals surface area (Å²) in [6, 6.07) is 8.56. The third-order valence-corrected chi connectivity index (χ3v) is 6.13. The molecule has 180 valence electrons. The summed E-state index contributed by atoms with van der Waals surface area (Å²) >= 11 is 0. The van der Waals surface area contributed by atoms with Crippen LogP contribution in [0.3, 0.4) is 0 Å². The van der Waals surface area contributed by atoms with Crippen molar-refractivity contribution in [3.8, 4) is 0 Å². The molecule has 2 aromatic heterocycles. The quantitative estimate of drug-likeness (QED) is 0.373. The maximum Gasteiger partial charge on any atom is 0.326 e. The minimum Gasteiger partial charge on any atom is -0.480 e. The molecule has 9 heteroatoms. The smallest absolute Gasteiger partial charge is 0.326 e. The molecule has 0 saturated carbocycles. The summed E-state index contributed by atoms with van der Waals surface area (Å²) in [5, 5.41) is 20.4. The highest BCUT2D eigenvalue weighted by atomic mass is 16.5. The zero-order chi connectivity index (χ0) is 23.9. The second-order valence-corrected chi connectivity index (χ2v) is 8.57. The Balaban J connectivity index is 1.18. The van der Waals surface area contributed by atoms with Crippen molar-refractivity contribution in [1.82, 2.24) is 20.1 Å². The molecule has 0 bridgehead atoms. The van der Waals surface area contributed by atoms with Gasteiger partial charge in [-0.2, -0.15) is 5.10 Å². The van der Waals surface area contributed by atoms with E-state index in [0.717, 1.165) is 49.3 Å². The van der Waals surface area contributed by atoms with Crippen molar-refractivity contribution in [2.24, 2.45) is 7.05 Å². The van der Waals surface area contributed by atoms with E-state index in [4.69, 9.17) is 4.74 Å². The second-order valence-electron chi connectivity index (χ2n) is 8.57. The second kappa shape index (κ2) is 11.1. The molecule has 0 saturated heterocycles. The predicted molar refractivity (Wildman–Crippen MR) is 129 cm³/mol. The van der Waals surface area contributed by atoms with Crippen LogP contribution in [0.2, 0.25) is 0 Å². The predicted octanol–water partition coefficient (Wildman–Crippen LogP) is 2.94. The number of carbonyl (C=O) groups is 2. The van der Waals surface area contributed by atoms with E-state index in [1.807, 2.05) is 6.07 Å². The molecule has 4 rings (SSSR count). The number of unbranched alkanes of at least 4 members (excludes halogenated alkanes) is 1. The number of anilines is 1. The lowest BCUT2D eigenvalue weighted by atomic mass is 10.1. The maximum absolute atomic E-state index is 12.7. The Morgan fingerprint density at radius 2 is 2.12 bits per heavy atom. The Kier molecular flexibility index (Phi) is 7.74. The highest BCUT2D eigenvalue weighted by Gasteiger charge is 2.22. The molecule has 0 aliphatic carbocycles. The van der Waals surface area contributed by atoms with E-state index < -0.39 is 17.9 Å². The number of carboxylic acid groups (broad SMARTS) is 1. The van der Waals surface area contributed by atoms with E-state index in [0.29, 0.717) is 37.0 Å². The van der Waals surface area contributed by atoms with E-state index in [-0.39, 0.29) is 0 Å². The Hall–Kier alpha value is -3.46. The number of aryl methyl sites for hydroxylation is 2. The molecular weight excluding hydrogens is 434 g/mol. The lowest BCUT2D eigenvalue weighted by Gasteiger charge is -2.17. The Labute approximate surface area is 198 Å². The molecule has 1 aliphatic heterocycles. The van der Waals surface area contributed by atoms with Gasteiger partial charge in [0.05, 0.1) is 23.9 Å². The number of benzene rings is 1. The molecule has 3 heterocycles. The summed E-state index contributed by atoms with van der Waals surface area (Å²) in [7, 11) is 1.80. The summed E-state index contributed by atoms with van der Waals surface area (Å²) in [5.74, 6) is -0.459. The van der Waals surface area contributed by atoms with Crippen LogP contribution in [-0.2, 0) is 29.4 Å². The van der Waals surface area contributed by atoms with Crippen LogP contribution in [0.1, 0.15) is 47.3 Å². The van der Waals surface area contributed by atoms with Crippen LogP contribution in [0.25, 0.3) is 10.9 Å². The average molecular weight is 466 g/mol. The molecule has 0 unspecified atom stereocenters. The van der Waals surface area contributed by atoms with Crippen LogP contribution in [0, 0.1) is 0 Å². The summed E-state index contributed by atoms with van der Waals surface area (Å²) < 4.78 is 7.40. The van der Waals surface area contributed by atoms with Gasteiger partial charge < -0.3 is 20.5 Å². The zero-order valence-electron chi connectivity index (χ0n) is 19.4. The van der Waals surface area contributed by atoms with Gasteiger partial charge in [-0.3, -0.25) is 9.48 Å². The van der Waals surface area contributed by atoms with Gasteiger partial charge in [0.2, 0.25) is 0 Å². The lowest BCUT2D eigenvalue weighted by Crippen LogP contribution is -2.40. The number of ether oxygens (including phenoxy) is 1. The van der Waals surface area contributed by atoms with Gasteiger partial charge in [-0.1, -0.05) is 12.1 Å². The van der Waals surface area contributed by atoms with Crippen molar-refractivity contribution in [3.63, 3.8) is 0 Å². The van der Waals surface area contributed by atoms with E-state index in [2.05, 4.69) is 32.8 Å². The summed E-state index contributed by atoms with van der Waals surface area (Å²) in [5.41, 5.74) is 3.52. The fourth-order valence-corrected chi connectivity index (χ4v) is 4.21. The first-order valence-electron chi connectivity index (χ1n) is 11.8. The number of hydrogen-bond donors (Lipinski definition) is 3. The van der Waals surface area contributed by atoms with Crippen LogP contribution < -0.4 is 10.6 Å². The first-order valence-corrected chi connectivity index (χ1v) is 11.8. The van der Waals surface area contributed by atoms with Crippen LogP contribution in [0.5, 0.6) is 0 Å². The highest BCUT2D eigenvalue weighted by Crippen LogP contribution is 2.20.